The predicted molar refractivity (Wildman–Crippen MR) is 92.4 cm³/mol. The number of benzene rings is 1. The molecule has 5 nitrogen and oxygen atoms in total. The number of hydrogen-bond donors (Lipinski definition) is 2. The topological polar surface area (TPSA) is 61.4 Å². The number of nitrogens with zero attached hydrogens (tertiary/aromatic N) is 1. The fourth-order valence-corrected chi connectivity index (χ4v) is 4.57. The van der Waals surface area contributed by atoms with Gasteiger partial charge >= 0.3 is 0 Å². The Hall–Kier alpha value is -2.04. The maximum absolute atomic E-state index is 12.4. The highest BCUT2D eigenvalue weighted by atomic mass is 16.2. The zero-order chi connectivity index (χ0) is 16.5. The molecule has 128 valence electrons. The van der Waals surface area contributed by atoms with Crippen molar-refractivity contribution in [3.8, 4) is 0 Å². The van der Waals surface area contributed by atoms with Crippen molar-refractivity contribution in [3.63, 3.8) is 0 Å². The Labute approximate surface area is 142 Å². The van der Waals surface area contributed by atoms with Crippen molar-refractivity contribution in [1.82, 2.24) is 10.6 Å². The smallest absolute Gasteiger partial charge is 0.239 e. The molecule has 2 saturated carbocycles. The quantitative estimate of drug-likeness (QED) is 0.884. The number of anilines is 1. The molecule has 0 aromatic heterocycles. The second kappa shape index (κ2) is 6.46. The summed E-state index contributed by atoms with van der Waals surface area (Å²) in [6.07, 6.45) is 4.91. The summed E-state index contributed by atoms with van der Waals surface area (Å²) in [5, 5.41) is 5.95. The van der Waals surface area contributed by atoms with Gasteiger partial charge in [0, 0.05) is 31.2 Å². The van der Waals surface area contributed by atoms with Crippen molar-refractivity contribution in [1.29, 1.82) is 0 Å². The van der Waals surface area contributed by atoms with E-state index in [1.807, 2.05) is 24.3 Å². The van der Waals surface area contributed by atoms with Gasteiger partial charge in [0.2, 0.25) is 11.8 Å². The van der Waals surface area contributed by atoms with Gasteiger partial charge in [-0.3, -0.25) is 9.59 Å². The van der Waals surface area contributed by atoms with Crippen LogP contribution in [-0.4, -0.2) is 31.4 Å². The minimum absolute atomic E-state index is 0.0726. The van der Waals surface area contributed by atoms with Gasteiger partial charge in [-0.25, -0.2) is 0 Å². The highest BCUT2D eigenvalue weighted by Gasteiger charge is 2.42. The number of carbonyl (C=O) groups excluding carboxylic acids is 2. The summed E-state index contributed by atoms with van der Waals surface area (Å²) in [6.45, 7) is 2.54. The second-order valence-electron chi connectivity index (χ2n) is 7.44. The van der Waals surface area contributed by atoms with Crippen molar-refractivity contribution in [2.45, 2.75) is 32.2 Å². The van der Waals surface area contributed by atoms with Crippen LogP contribution in [0.25, 0.3) is 0 Å². The minimum atomic E-state index is 0.0726. The van der Waals surface area contributed by atoms with Crippen LogP contribution in [0.3, 0.4) is 0 Å². The van der Waals surface area contributed by atoms with E-state index in [0.29, 0.717) is 25.6 Å². The Morgan fingerprint density at radius 2 is 2.04 bits per heavy atom. The minimum Gasteiger partial charge on any atom is -0.360 e. The average molecular weight is 327 g/mol. The van der Waals surface area contributed by atoms with Gasteiger partial charge in [0.25, 0.3) is 0 Å². The molecule has 4 rings (SSSR count). The van der Waals surface area contributed by atoms with Crippen LogP contribution in [0.1, 0.15) is 31.2 Å². The van der Waals surface area contributed by atoms with E-state index < -0.39 is 0 Å². The molecule has 24 heavy (non-hydrogen) atoms. The van der Waals surface area contributed by atoms with E-state index in [-0.39, 0.29) is 17.7 Å². The molecule has 3 atom stereocenters. The third-order valence-electron chi connectivity index (χ3n) is 5.88. The molecule has 1 saturated heterocycles. The summed E-state index contributed by atoms with van der Waals surface area (Å²) in [5.41, 5.74) is 2.17. The van der Waals surface area contributed by atoms with Crippen molar-refractivity contribution >= 4 is 17.5 Å². The molecule has 0 radical (unpaired) electrons. The molecule has 3 unspecified atom stereocenters. The van der Waals surface area contributed by atoms with Crippen LogP contribution in [-0.2, 0) is 16.1 Å². The first-order valence-corrected chi connectivity index (χ1v) is 9.07. The van der Waals surface area contributed by atoms with Crippen molar-refractivity contribution in [2.24, 2.45) is 17.8 Å². The number of nitrogens with one attached hydrogen (secondary N) is 2. The molecule has 2 amide bonds. The number of fused-ring (bicyclic) bond motifs is 2. The normalized spacial score (nSPS) is 28.8. The lowest BCUT2D eigenvalue weighted by Gasteiger charge is -2.28. The van der Waals surface area contributed by atoms with E-state index in [1.165, 1.54) is 19.3 Å². The lowest BCUT2D eigenvalue weighted by atomic mass is 9.88. The predicted octanol–water partition coefficient (Wildman–Crippen LogP) is 1.68. The lowest BCUT2D eigenvalue weighted by Crippen LogP contribution is -2.47. The zero-order valence-electron chi connectivity index (χ0n) is 14.0. The molecule has 1 aromatic rings. The Balaban J connectivity index is 1.31. The van der Waals surface area contributed by atoms with Crippen molar-refractivity contribution < 1.29 is 9.59 Å². The first kappa shape index (κ1) is 15.5. The van der Waals surface area contributed by atoms with E-state index in [9.17, 15) is 9.59 Å². The molecule has 2 N–H and O–H groups in total. The van der Waals surface area contributed by atoms with E-state index in [1.54, 1.807) is 0 Å². The molecule has 2 aliphatic carbocycles. The van der Waals surface area contributed by atoms with Gasteiger partial charge in [-0.15, -0.1) is 0 Å². The molecule has 2 bridgehead atoms. The summed E-state index contributed by atoms with van der Waals surface area (Å²) < 4.78 is 0. The number of hydrogen-bond acceptors (Lipinski definition) is 3. The van der Waals surface area contributed by atoms with Crippen LogP contribution in [0.4, 0.5) is 5.69 Å². The second-order valence-corrected chi connectivity index (χ2v) is 7.44. The third-order valence-corrected chi connectivity index (χ3v) is 5.88. The molecule has 3 fully saturated rings. The van der Waals surface area contributed by atoms with Crippen molar-refractivity contribution in [3.05, 3.63) is 29.8 Å². The van der Waals surface area contributed by atoms with Crippen LogP contribution in [0.5, 0.6) is 0 Å². The number of amides is 2. The Morgan fingerprint density at radius 1 is 1.21 bits per heavy atom. The van der Waals surface area contributed by atoms with Crippen LogP contribution < -0.4 is 15.5 Å². The van der Waals surface area contributed by atoms with Crippen LogP contribution in [0.2, 0.25) is 0 Å². The van der Waals surface area contributed by atoms with E-state index >= 15 is 0 Å². The van der Waals surface area contributed by atoms with Gasteiger partial charge in [0.1, 0.15) is 0 Å². The van der Waals surface area contributed by atoms with E-state index in [4.69, 9.17) is 0 Å². The third kappa shape index (κ3) is 3.12. The standard InChI is InChI=1S/C19H25N3O2/c23-18-12-22(8-7-20-18)16-5-2-13(3-6-16)11-21-19(24)17-10-14-1-4-15(17)9-14/h2-3,5-6,14-15,17H,1,4,7-12H2,(H,20,23)(H,21,24). The van der Waals surface area contributed by atoms with Gasteiger partial charge in [-0.05, 0) is 48.8 Å². The van der Waals surface area contributed by atoms with Gasteiger partial charge in [-0.2, -0.15) is 0 Å². The Bertz CT molecular complexity index is 628. The molecular weight excluding hydrogens is 302 g/mol. The fraction of sp³-hybridized carbons (Fsp3) is 0.579. The highest BCUT2D eigenvalue weighted by Crippen LogP contribution is 2.48. The molecule has 1 aromatic carbocycles. The summed E-state index contributed by atoms with van der Waals surface area (Å²) in [6, 6.07) is 8.17. The molecule has 0 spiro atoms. The maximum atomic E-state index is 12.4. The van der Waals surface area contributed by atoms with Gasteiger partial charge in [-0.1, -0.05) is 18.6 Å². The highest BCUT2D eigenvalue weighted by molar-refractivity contribution is 5.82. The summed E-state index contributed by atoms with van der Waals surface area (Å²) >= 11 is 0. The van der Waals surface area contributed by atoms with Gasteiger partial charge < -0.3 is 15.5 Å². The molecule has 3 aliphatic rings. The number of rotatable bonds is 4. The van der Waals surface area contributed by atoms with E-state index in [2.05, 4.69) is 15.5 Å². The van der Waals surface area contributed by atoms with Crippen molar-refractivity contribution in [2.75, 3.05) is 24.5 Å². The zero-order valence-corrected chi connectivity index (χ0v) is 14.0. The van der Waals surface area contributed by atoms with Gasteiger partial charge in [0.15, 0.2) is 0 Å². The monoisotopic (exact) mass is 327 g/mol. The van der Waals surface area contributed by atoms with E-state index in [0.717, 1.165) is 30.1 Å². The van der Waals surface area contributed by atoms with Crippen LogP contribution in [0.15, 0.2) is 24.3 Å². The largest absolute Gasteiger partial charge is 0.360 e. The molecule has 1 aliphatic heterocycles. The Morgan fingerprint density at radius 3 is 2.71 bits per heavy atom. The van der Waals surface area contributed by atoms with Crippen LogP contribution >= 0.6 is 0 Å². The average Bonchev–Trinajstić information content (AvgIpc) is 3.23. The molecule has 1 heterocycles. The lowest BCUT2D eigenvalue weighted by molar-refractivity contribution is -0.126. The molecule has 5 heteroatoms. The first-order valence-electron chi connectivity index (χ1n) is 9.07. The fourth-order valence-electron chi connectivity index (χ4n) is 4.57. The summed E-state index contributed by atoms with van der Waals surface area (Å²) in [7, 11) is 0. The number of carbonyl (C=O) groups is 2. The van der Waals surface area contributed by atoms with Gasteiger partial charge in [0.05, 0.1) is 6.54 Å². The maximum Gasteiger partial charge on any atom is 0.239 e. The SMILES string of the molecule is O=C1CN(c2ccc(CNC(=O)C3CC4CCC3C4)cc2)CCN1. The first-order chi connectivity index (χ1) is 11.7. The molecular formula is C19H25N3O2. The van der Waals surface area contributed by atoms with Crippen LogP contribution in [0, 0.1) is 17.8 Å². The Kier molecular flexibility index (Phi) is 4.17. The number of piperazine rings is 1. The summed E-state index contributed by atoms with van der Waals surface area (Å²) in [4.78, 5) is 25.9. The summed E-state index contributed by atoms with van der Waals surface area (Å²) in [5.74, 6) is 1.98.